The number of hydrogen-bond donors (Lipinski definition) is 3. The van der Waals surface area contributed by atoms with Crippen molar-refractivity contribution in [3.63, 3.8) is 0 Å². The summed E-state index contributed by atoms with van der Waals surface area (Å²) in [5.74, 6) is 0.100. The molecule has 182 valence electrons. The van der Waals surface area contributed by atoms with Crippen molar-refractivity contribution in [2.75, 3.05) is 13.2 Å². The standard InChI is InChI=1S/C23H37N7O3/c1-22(2,3)16-25-19(31)12-9-13-30-20(27-28-29-30)18(26-21(32)23(4,5)24)15-33-14-17-10-7-6-8-11-17/h6-8,10-11,18H,9,12-16,24H2,1-5H3,(H,25,31)(H,26,32)/t18-/m1/s1. The average Bonchev–Trinajstić information content (AvgIpc) is 3.19. The first-order chi connectivity index (χ1) is 15.5. The van der Waals surface area contributed by atoms with Gasteiger partial charge in [-0.2, -0.15) is 0 Å². The molecule has 0 saturated carbocycles. The van der Waals surface area contributed by atoms with E-state index in [2.05, 4.69) is 46.9 Å². The van der Waals surface area contributed by atoms with Gasteiger partial charge >= 0.3 is 0 Å². The van der Waals surface area contributed by atoms with Crippen LogP contribution in [-0.4, -0.2) is 50.7 Å². The summed E-state index contributed by atoms with van der Waals surface area (Å²) in [6, 6.07) is 9.15. The van der Waals surface area contributed by atoms with Crippen molar-refractivity contribution in [3.05, 3.63) is 41.7 Å². The van der Waals surface area contributed by atoms with Gasteiger partial charge < -0.3 is 21.1 Å². The molecule has 0 aliphatic heterocycles. The molecule has 1 aromatic heterocycles. The zero-order valence-electron chi connectivity index (χ0n) is 20.3. The zero-order chi connectivity index (χ0) is 24.5. The van der Waals surface area contributed by atoms with Crippen molar-refractivity contribution in [1.82, 2.24) is 30.8 Å². The van der Waals surface area contributed by atoms with Crippen molar-refractivity contribution >= 4 is 11.8 Å². The topological polar surface area (TPSA) is 137 Å². The Bertz CT molecular complexity index is 885. The summed E-state index contributed by atoms with van der Waals surface area (Å²) in [7, 11) is 0. The summed E-state index contributed by atoms with van der Waals surface area (Å²) in [4.78, 5) is 24.7. The Morgan fingerprint density at radius 3 is 2.48 bits per heavy atom. The molecule has 1 heterocycles. The van der Waals surface area contributed by atoms with Crippen molar-refractivity contribution in [2.24, 2.45) is 11.1 Å². The predicted molar refractivity (Wildman–Crippen MR) is 125 cm³/mol. The minimum absolute atomic E-state index is 0.0134. The van der Waals surface area contributed by atoms with Crippen LogP contribution in [0.25, 0.3) is 0 Å². The quantitative estimate of drug-likeness (QED) is 0.439. The number of carbonyl (C=O) groups excluding carboxylic acids is 2. The van der Waals surface area contributed by atoms with Crippen molar-refractivity contribution < 1.29 is 14.3 Å². The van der Waals surface area contributed by atoms with Crippen LogP contribution >= 0.6 is 0 Å². The number of ether oxygens (including phenoxy) is 1. The second kappa shape index (κ2) is 11.9. The van der Waals surface area contributed by atoms with Crippen LogP contribution in [0.15, 0.2) is 30.3 Å². The molecule has 0 fully saturated rings. The number of tetrazole rings is 1. The van der Waals surface area contributed by atoms with E-state index in [4.69, 9.17) is 10.5 Å². The number of rotatable bonds is 12. The number of nitrogens with one attached hydrogen (secondary N) is 2. The van der Waals surface area contributed by atoms with Crippen LogP contribution in [-0.2, 0) is 27.5 Å². The molecule has 10 nitrogen and oxygen atoms in total. The van der Waals surface area contributed by atoms with Crippen LogP contribution in [0.4, 0.5) is 0 Å². The molecular weight excluding hydrogens is 422 g/mol. The largest absolute Gasteiger partial charge is 0.374 e. The van der Waals surface area contributed by atoms with E-state index in [1.165, 1.54) is 0 Å². The van der Waals surface area contributed by atoms with Gasteiger partial charge in [0.2, 0.25) is 11.8 Å². The van der Waals surface area contributed by atoms with Gasteiger partial charge in [0.1, 0.15) is 6.04 Å². The molecule has 2 amide bonds. The maximum absolute atomic E-state index is 12.5. The third kappa shape index (κ3) is 9.67. The molecule has 2 aromatic rings. The minimum atomic E-state index is -1.07. The van der Waals surface area contributed by atoms with Gasteiger partial charge in [-0.25, -0.2) is 4.68 Å². The lowest BCUT2D eigenvalue weighted by molar-refractivity contribution is -0.126. The van der Waals surface area contributed by atoms with Crippen LogP contribution < -0.4 is 16.4 Å². The maximum atomic E-state index is 12.5. The maximum Gasteiger partial charge on any atom is 0.240 e. The fourth-order valence-electron chi connectivity index (χ4n) is 2.86. The molecule has 0 saturated heterocycles. The van der Waals surface area contributed by atoms with Crippen LogP contribution in [0.1, 0.15) is 64.9 Å². The van der Waals surface area contributed by atoms with E-state index in [-0.39, 0.29) is 23.8 Å². The number of hydrogen-bond acceptors (Lipinski definition) is 7. The normalized spacial score (nSPS) is 12.9. The number of nitrogens with two attached hydrogens (primary N) is 1. The first-order valence-corrected chi connectivity index (χ1v) is 11.2. The lowest BCUT2D eigenvalue weighted by Gasteiger charge is -2.24. The molecule has 33 heavy (non-hydrogen) atoms. The molecule has 0 bridgehead atoms. The van der Waals surface area contributed by atoms with E-state index in [0.717, 1.165) is 5.56 Å². The van der Waals surface area contributed by atoms with E-state index in [9.17, 15) is 9.59 Å². The molecule has 1 aromatic carbocycles. The molecule has 0 spiro atoms. The number of aryl methyl sites for hydroxylation is 1. The molecule has 0 radical (unpaired) electrons. The SMILES string of the molecule is CC(C)(C)CNC(=O)CCCn1nnnc1[C@@H](COCc1ccccc1)NC(=O)C(C)(C)N. The smallest absolute Gasteiger partial charge is 0.240 e. The monoisotopic (exact) mass is 459 g/mol. The summed E-state index contributed by atoms with van der Waals surface area (Å²) >= 11 is 0. The highest BCUT2D eigenvalue weighted by Gasteiger charge is 2.28. The van der Waals surface area contributed by atoms with E-state index in [1.54, 1.807) is 18.5 Å². The molecule has 2 rings (SSSR count). The summed E-state index contributed by atoms with van der Waals surface area (Å²) in [6.45, 7) is 11.1. The van der Waals surface area contributed by atoms with Gasteiger partial charge in [0.05, 0.1) is 18.8 Å². The second-order valence-corrected chi connectivity index (χ2v) is 9.95. The van der Waals surface area contributed by atoms with Gasteiger partial charge in [0, 0.05) is 19.5 Å². The van der Waals surface area contributed by atoms with Crippen molar-refractivity contribution in [2.45, 2.75) is 72.2 Å². The molecule has 0 aliphatic carbocycles. The number of benzene rings is 1. The second-order valence-electron chi connectivity index (χ2n) is 9.95. The van der Waals surface area contributed by atoms with Gasteiger partial charge in [-0.1, -0.05) is 51.1 Å². The zero-order valence-corrected chi connectivity index (χ0v) is 20.3. The van der Waals surface area contributed by atoms with Crippen LogP contribution in [0.2, 0.25) is 0 Å². The van der Waals surface area contributed by atoms with E-state index < -0.39 is 11.6 Å². The number of nitrogens with zero attached hydrogens (tertiary/aromatic N) is 4. The van der Waals surface area contributed by atoms with E-state index in [0.29, 0.717) is 38.4 Å². The summed E-state index contributed by atoms with van der Waals surface area (Å²) in [5.41, 5.74) is 5.93. The Morgan fingerprint density at radius 2 is 1.85 bits per heavy atom. The van der Waals surface area contributed by atoms with Crippen LogP contribution in [0.3, 0.4) is 0 Å². The lowest BCUT2D eigenvalue weighted by atomic mass is 9.97. The number of carbonyl (C=O) groups is 2. The molecule has 0 unspecified atom stereocenters. The number of amides is 2. The molecule has 1 atom stereocenters. The fraction of sp³-hybridized carbons (Fsp3) is 0.609. The van der Waals surface area contributed by atoms with Gasteiger partial charge in [0.15, 0.2) is 5.82 Å². The van der Waals surface area contributed by atoms with Gasteiger partial charge in [0.25, 0.3) is 0 Å². The van der Waals surface area contributed by atoms with E-state index >= 15 is 0 Å². The predicted octanol–water partition coefficient (Wildman–Crippen LogP) is 1.73. The van der Waals surface area contributed by atoms with E-state index in [1.807, 2.05) is 30.3 Å². The highest BCUT2D eigenvalue weighted by Crippen LogP contribution is 2.14. The summed E-state index contributed by atoms with van der Waals surface area (Å²) in [5, 5.41) is 17.7. The number of aromatic nitrogens is 4. The Kier molecular flexibility index (Phi) is 9.48. The highest BCUT2D eigenvalue weighted by molar-refractivity contribution is 5.85. The van der Waals surface area contributed by atoms with Crippen molar-refractivity contribution in [1.29, 1.82) is 0 Å². The third-order valence-electron chi connectivity index (χ3n) is 4.75. The van der Waals surface area contributed by atoms with Gasteiger partial charge in [-0.3, -0.25) is 9.59 Å². The van der Waals surface area contributed by atoms with Crippen LogP contribution in [0.5, 0.6) is 0 Å². The average molecular weight is 460 g/mol. The molecule has 4 N–H and O–H groups in total. The molecule has 0 aliphatic rings. The summed E-state index contributed by atoms with van der Waals surface area (Å²) < 4.78 is 7.45. The Labute approximate surface area is 195 Å². The molecular formula is C23H37N7O3. The summed E-state index contributed by atoms with van der Waals surface area (Å²) in [6.07, 6.45) is 0.911. The van der Waals surface area contributed by atoms with Gasteiger partial charge in [-0.05, 0) is 41.7 Å². The first-order valence-electron chi connectivity index (χ1n) is 11.2. The van der Waals surface area contributed by atoms with Crippen molar-refractivity contribution in [3.8, 4) is 0 Å². The third-order valence-corrected chi connectivity index (χ3v) is 4.75. The Hall–Kier alpha value is -2.85. The van der Waals surface area contributed by atoms with Gasteiger partial charge in [-0.15, -0.1) is 5.10 Å². The Balaban J connectivity index is 2.00. The fourth-order valence-corrected chi connectivity index (χ4v) is 2.86. The Morgan fingerprint density at radius 1 is 1.15 bits per heavy atom. The van der Waals surface area contributed by atoms with Crippen LogP contribution in [0, 0.1) is 5.41 Å². The lowest BCUT2D eigenvalue weighted by Crippen LogP contribution is -2.51. The first kappa shape index (κ1) is 26.4. The highest BCUT2D eigenvalue weighted by atomic mass is 16.5. The minimum Gasteiger partial charge on any atom is -0.374 e. The molecule has 10 heteroatoms.